The number of carbonyl (C=O) groups excluding carboxylic acids is 1. The van der Waals surface area contributed by atoms with Crippen LogP contribution >= 0.6 is 0 Å². The maximum Gasteiger partial charge on any atom is 0.179 e. The van der Waals surface area contributed by atoms with Gasteiger partial charge in [-0.2, -0.15) is 0 Å². The van der Waals surface area contributed by atoms with Crippen molar-refractivity contribution < 1.29 is 14.3 Å². The van der Waals surface area contributed by atoms with Crippen LogP contribution in [0.25, 0.3) is 0 Å². The standard InChI is InChI=1S/C11H15NO3/c1-7(12)11(13)8-4-5-9(14-2)10(6-8)15-3/h4-7H,12H2,1-3H3. The van der Waals surface area contributed by atoms with Crippen molar-refractivity contribution in [3.8, 4) is 11.5 Å². The van der Waals surface area contributed by atoms with Gasteiger partial charge in [-0.25, -0.2) is 0 Å². The first-order valence-electron chi connectivity index (χ1n) is 4.62. The van der Waals surface area contributed by atoms with Crippen molar-refractivity contribution in [2.75, 3.05) is 14.2 Å². The molecule has 0 aliphatic rings. The molecule has 0 amide bonds. The summed E-state index contributed by atoms with van der Waals surface area (Å²) in [7, 11) is 3.07. The zero-order valence-electron chi connectivity index (χ0n) is 9.11. The zero-order valence-corrected chi connectivity index (χ0v) is 9.11. The molecule has 4 heteroatoms. The lowest BCUT2D eigenvalue weighted by atomic mass is 10.1. The summed E-state index contributed by atoms with van der Waals surface area (Å²) in [5.41, 5.74) is 6.04. The van der Waals surface area contributed by atoms with Crippen molar-refractivity contribution in [3.63, 3.8) is 0 Å². The molecule has 1 rings (SSSR count). The summed E-state index contributed by atoms with van der Waals surface area (Å²) in [5.74, 6) is 1.01. The van der Waals surface area contributed by atoms with Gasteiger partial charge in [0, 0.05) is 5.56 Å². The summed E-state index contributed by atoms with van der Waals surface area (Å²) in [6.07, 6.45) is 0. The van der Waals surface area contributed by atoms with Crippen molar-refractivity contribution >= 4 is 5.78 Å². The lowest BCUT2D eigenvalue weighted by Crippen LogP contribution is -2.26. The predicted octanol–water partition coefficient (Wildman–Crippen LogP) is 1.23. The van der Waals surface area contributed by atoms with Gasteiger partial charge in [-0.15, -0.1) is 0 Å². The fourth-order valence-electron chi connectivity index (χ4n) is 1.25. The summed E-state index contributed by atoms with van der Waals surface area (Å²) in [6.45, 7) is 1.65. The highest BCUT2D eigenvalue weighted by Gasteiger charge is 2.13. The van der Waals surface area contributed by atoms with Gasteiger partial charge in [0.1, 0.15) is 0 Å². The van der Waals surface area contributed by atoms with Gasteiger partial charge >= 0.3 is 0 Å². The second kappa shape index (κ2) is 4.79. The number of hydrogen-bond donors (Lipinski definition) is 1. The Morgan fingerprint density at radius 1 is 1.27 bits per heavy atom. The largest absolute Gasteiger partial charge is 0.493 e. The molecule has 1 atom stereocenters. The third kappa shape index (κ3) is 2.47. The Hall–Kier alpha value is -1.55. The van der Waals surface area contributed by atoms with Crippen LogP contribution in [0.1, 0.15) is 17.3 Å². The number of rotatable bonds is 4. The molecule has 2 N–H and O–H groups in total. The summed E-state index contributed by atoms with van der Waals surface area (Å²) in [6, 6.07) is 4.48. The molecule has 0 saturated heterocycles. The second-order valence-corrected chi connectivity index (χ2v) is 3.22. The van der Waals surface area contributed by atoms with Crippen molar-refractivity contribution in [2.45, 2.75) is 13.0 Å². The maximum absolute atomic E-state index is 11.6. The lowest BCUT2D eigenvalue weighted by molar-refractivity contribution is 0.0967. The minimum absolute atomic E-state index is 0.115. The van der Waals surface area contributed by atoms with Crippen molar-refractivity contribution in [3.05, 3.63) is 23.8 Å². The highest BCUT2D eigenvalue weighted by Crippen LogP contribution is 2.27. The molecule has 1 aromatic rings. The van der Waals surface area contributed by atoms with Crippen LogP contribution in [0.4, 0.5) is 0 Å². The number of nitrogens with two attached hydrogens (primary N) is 1. The number of ketones is 1. The first-order valence-corrected chi connectivity index (χ1v) is 4.62. The Bertz CT molecular complexity index is 361. The first-order chi connectivity index (χ1) is 7.10. The molecule has 0 aromatic heterocycles. The Morgan fingerprint density at radius 3 is 2.33 bits per heavy atom. The van der Waals surface area contributed by atoms with Crippen LogP contribution in [0.5, 0.6) is 11.5 Å². The Balaban J connectivity index is 3.08. The first kappa shape index (κ1) is 11.5. The molecular weight excluding hydrogens is 194 g/mol. The molecule has 4 nitrogen and oxygen atoms in total. The molecule has 1 aromatic carbocycles. The van der Waals surface area contributed by atoms with E-state index in [9.17, 15) is 4.79 Å². The highest BCUT2D eigenvalue weighted by atomic mass is 16.5. The molecule has 0 spiro atoms. The number of benzene rings is 1. The van der Waals surface area contributed by atoms with Crippen LogP contribution < -0.4 is 15.2 Å². The smallest absolute Gasteiger partial charge is 0.179 e. The average molecular weight is 209 g/mol. The van der Waals surface area contributed by atoms with Crippen LogP contribution in [0.2, 0.25) is 0 Å². The second-order valence-electron chi connectivity index (χ2n) is 3.22. The van der Waals surface area contributed by atoms with E-state index in [1.807, 2.05) is 0 Å². The summed E-state index contributed by atoms with van der Waals surface area (Å²) >= 11 is 0. The van der Waals surface area contributed by atoms with E-state index in [0.717, 1.165) is 0 Å². The molecule has 0 aliphatic carbocycles. The SMILES string of the molecule is COc1ccc(C(=O)C(C)N)cc1OC. The summed E-state index contributed by atoms with van der Waals surface area (Å²) in [4.78, 5) is 11.6. The molecule has 0 saturated carbocycles. The van der Waals surface area contributed by atoms with Crippen LogP contribution in [-0.4, -0.2) is 26.0 Å². The van der Waals surface area contributed by atoms with Gasteiger partial charge in [0.15, 0.2) is 17.3 Å². The van der Waals surface area contributed by atoms with Crippen LogP contribution in [0, 0.1) is 0 Å². The van der Waals surface area contributed by atoms with E-state index in [1.54, 1.807) is 32.2 Å². The van der Waals surface area contributed by atoms with Gasteiger partial charge in [-0.3, -0.25) is 4.79 Å². The predicted molar refractivity (Wildman–Crippen MR) is 57.5 cm³/mol. The Morgan fingerprint density at radius 2 is 1.87 bits per heavy atom. The topological polar surface area (TPSA) is 61.5 Å². The number of carbonyl (C=O) groups is 1. The Kier molecular flexibility index (Phi) is 3.68. The molecule has 1 unspecified atom stereocenters. The van der Waals surface area contributed by atoms with Gasteiger partial charge in [-0.05, 0) is 25.1 Å². The van der Waals surface area contributed by atoms with Gasteiger partial charge in [0.2, 0.25) is 0 Å². The molecular formula is C11H15NO3. The van der Waals surface area contributed by atoms with E-state index in [0.29, 0.717) is 17.1 Å². The van der Waals surface area contributed by atoms with Gasteiger partial charge in [-0.1, -0.05) is 0 Å². The third-order valence-electron chi connectivity index (χ3n) is 2.08. The number of Topliss-reactive ketones (excluding diaryl/α,β-unsaturated/α-hetero) is 1. The monoisotopic (exact) mass is 209 g/mol. The minimum atomic E-state index is -0.511. The van der Waals surface area contributed by atoms with E-state index in [-0.39, 0.29) is 5.78 Å². The zero-order chi connectivity index (χ0) is 11.4. The van der Waals surface area contributed by atoms with Crippen LogP contribution in [0.15, 0.2) is 18.2 Å². The summed E-state index contributed by atoms with van der Waals surface area (Å²) in [5, 5.41) is 0. The molecule has 82 valence electrons. The van der Waals surface area contributed by atoms with Gasteiger partial charge in [0.25, 0.3) is 0 Å². The lowest BCUT2D eigenvalue weighted by Gasteiger charge is -2.10. The van der Waals surface area contributed by atoms with E-state index in [4.69, 9.17) is 15.2 Å². The number of methoxy groups -OCH3 is 2. The van der Waals surface area contributed by atoms with E-state index >= 15 is 0 Å². The molecule has 0 radical (unpaired) electrons. The Labute approximate surface area is 89.0 Å². The van der Waals surface area contributed by atoms with Crippen LogP contribution in [-0.2, 0) is 0 Å². The van der Waals surface area contributed by atoms with Crippen LogP contribution in [0.3, 0.4) is 0 Å². The quantitative estimate of drug-likeness (QED) is 0.758. The molecule has 0 fully saturated rings. The normalized spacial score (nSPS) is 12.0. The highest BCUT2D eigenvalue weighted by molar-refractivity contribution is 6.00. The average Bonchev–Trinajstić information content (AvgIpc) is 2.26. The molecule has 0 heterocycles. The van der Waals surface area contributed by atoms with Gasteiger partial charge in [0.05, 0.1) is 20.3 Å². The fraction of sp³-hybridized carbons (Fsp3) is 0.364. The number of ether oxygens (including phenoxy) is 2. The fourth-order valence-corrected chi connectivity index (χ4v) is 1.25. The molecule has 0 aliphatic heterocycles. The van der Waals surface area contributed by atoms with E-state index in [2.05, 4.69) is 0 Å². The minimum Gasteiger partial charge on any atom is -0.493 e. The molecule has 0 bridgehead atoms. The van der Waals surface area contributed by atoms with Crippen molar-refractivity contribution in [2.24, 2.45) is 5.73 Å². The van der Waals surface area contributed by atoms with E-state index < -0.39 is 6.04 Å². The van der Waals surface area contributed by atoms with Crippen molar-refractivity contribution in [1.82, 2.24) is 0 Å². The van der Waals surface area contributed by atoms with Gasteiger partial charge < -0.3 is 15.2 Å². The van der Waals surface area contributed by atoms with E-state index in [1.165, 1.54) is 7.11 Å². The molecule has 15 heavy (non-hydrogen) atoms. The van der Waals surface area contributed by atoms with Crippen molar-refractivity contribution in [1.29, 1.82) is 0 Å². The maximum atomic E-state index is 11.6. The summed E-state index contributed by atoms with van der Waals surface area (Å²) < 4.78 is 10.2. The number of hydrogen-bond acceptors (Lipinski definition) is 4. The third-order valence-corrected chi connectivity index (χ3v) is 2.08.